The molecule has 1 aliphatic carbocycles. The molecule has 3 rings (SSSR count). The number of hydrogen-bond acceptors (Lipinski definition) is 4. The maximum Gasteiger partial charge on any atom is 0.320 e. The first kappa shape index (κ1) is 18.4. The number of nitriles is 1. The Kier molecular flexibility index (Phi) is 5.66. The molecule has 1 heterocycles. The van der Waals surface area contributed by atoms with Crippen molar-refractivity contribution < 1.29 is 14.0 Å². The lowest BCUT2D eigenvalue weighted by Crippen LogP contribution is -2.42. The first-order valence-electron chi connectivity index (χ1n) is 8.65. The van der Waals surface area contributed by atoms with Crippen LogP contribution in [-0.2, 0) is 4.79 Å². The molecular formula is C18H19FN6O2. The molecule has 3 N–H and O–H groups in total. The largest absolute Gasteiger partial charge is 0.352 e. The Balaban J connectivity index is 1.54. The molecule has 1 fully saturated rings. The third kappa shape index (κ3) is 4.61. The second-order valence-corrected chi connectivity index (χ2v) is 6.25. The predicted molar refractivity (Wildman–Crippen MR) is 95.7 cm³/mol. The first-order chi connectivity index (χ1) is 13.1. The smallest absolute Gasteiger partial charge is 0.320 e. The highest BCUT2D eigenvalue weighted by Gasteiger charge is 2.17. The van der Waals surface area contributed by atoms with Gasteiger partial charge in [0.15, 0.2) is 5.82 Å². The Bertz CT molecular complexity index is 882. The van der Waals surface area contributed by atoms with Crippen LogP contribution >= 0.6 is 0 Å². The number of urea groups is 1. The number of rotatable bonds is 5. The van der Waals surface area contributed by atoms with Crippen LogP contribution < -0.4 is 16.0 Å². The van der Waals surface area contributed by atoms with Crippen LogP contribution in [0.15, 0.2) is 30.5 Å². The van der Waals surface area contributed by atoms with Crippen molar-refractivity contribution in [3.8, 4) is 11.8 Å². The van der Waals surface area contributed by atoms with Gasteiger partial charge in [0.25, 0.3) is 0 Å². The van der Waals surface area contributed by atoms with Gasteiger partial charge in [-0.05, 0) is 25.0 Å². The first-order valence-corrected chi connectivity index (χ1v) is 8.65. The van der Waals surface area contributed by atoms with E-state index in [2.05, 4.69) is 21.0 Å². The van der Waals surface area contributed by atoms with Crippen molar-refractivity contribution in [2.45, 2.75) is 31.7 Å². The number of carbonyl (C=O) groups excluding carboxylic acids is 2. The van der Waals surface area contributed by atoms with Gasteiger partial charge in [-0.2, -0.15) is 5.26 Å². The van der Waals surface area contributed by atoms with E-state index in [4.69, 9.17) is 5.26 Å². The van der Waals surface area contributed by atoms with Gasteiger partial charge >= 0.3 is 6.03 Å². The quantitative estimate of drug-likeness (QED) is 0.748. The average molecular weight is 370 g/mol. The Morgan fingerprint density at radius 2 is 2.07 bits per heavy atom. The Labute approximate surface area is 155 Å². The monoisotopic (exact) mass is 370 g/mol. The van der Waals surface area contributed by atoms with Crippen molar-refractivity contribution in [1.82, 2.24) is 20.4 Å². The molecule has 0 bridgehead atoms. The van der Waals surface area contributed by atoms with Crippen LogP contribution in [0, 0.1) is 17.1 Å². The van der Waals surface area contributed by atoms with Gasteiger partial charge in [0.1, 0.15) is 17.4 Å². The second-order valence-electron chi connectivity index (χ2n) is 6.25. The molecule has 140 valence electrons. The minimum Gasteiger partial charge on any atom is -0.352 e. The molecule has 0 aliphatic heterocycles. The summed E-state index contributed by atoms with van der Waals surface area (Å²) >= 11 is 0. The third-order valence-corrected chi connectivity index (χ3v) is 4.31. The fourth-order valence-corrected chi connectivity index (χ4v) is 3.01. The van der Waals surface area contributed by atoms with Crippen LogP contribution in [0.5, 0.6) is 0 Å². The normalized spacial score (nSPS) is 13.8. The number of halogens is 1. The predicted octanol–water partition coefficient (Wildman–Crippen LogP) is 2.06. The van der Waals surface area contributed by atoms with Gasteiger partial charge in [-0.15, -0.1) is 5.10 Å². The number of benzene rings is 1. The molecule has 0 atom stereocenters. The highest BCUT2D eigenvalue weighted by atomic mass is 19.1. The van der Waals surface area contributed by atoms with E-state index in [-0.39, 0.29) is 35.6 Å². The van der Waals surface area contributed by atoms with E-state index < -0.39 is 11.8 Å². The molecule has 1 aliphatic rings. The van der Waals surface area contributed by atoms with Gasteiger partial charge in [-0.1, -0.05) is 18.9 Å². The van der Waals surface area contributed by atoms with Crippen LogP contribution in [0.1, 0.15) is 31.2 Å². The SMILES string of the molecule is N#Cc1c(F)cccc1-n1ccc(NC(=O)NCC(=O)NC2CCCC2)n1. The summed E-state index contributed by atoms with van der Waals surface area (Å²) in [6, 6.07) is 7.12. The van der Waals surface area contributed by atoms with E-state index >= 15 is 0 Å². The van der Waals surface area contributed by atoms with Gasteiger partial charge in [0.2, 0.25) is 5.91 Å². The maximum absolute atomic E-state index is 13.7. The fraction of sp³-hybridized carbons (Fsp3) is 0.333. The second kappa shape index (κ2) is 8.31. The summed E-state index contributed by atoms with van der Waals surface area (Å²) in [5, 5.41) is 21.0. The zero-order chi connectivity index (χ0) is 19.2. The number of aromatic nitrogens is 2. The van der Waals surface area contributed by atoms with Crippen LogP contribution in [0.2, 0.25) is 0 Å². The van der Waals surface area contributed by atoms with Crippen LogP contribution in [-0.4, -0.2) is 34.3 Å². The van der Waals surface area contributed by atoms with E-state index in [1.54, 1.807) is 12.1 Å². The van der Waals surface area contributed by atoms with E-state index in [1.165, 1.54) is 29.1 Å². The molecule has 2 aromatic rings. The van der Waals surface area contributed by atoms with E-state index in [9.17, 15) is 14.0 Å². The maximum atomic E-state index is 13.7. The topological polar surface area (TPSA) is 112 Å². The third-order valence-electron chi connectivity index (χ3n) is 4.31. The highest BCUT2D eigenvalue weighted by Crippen LogP contribution is 2.18. The summed E-state index contributed by atoms with van der Waals surface area (Å²) in [6.45, 7) is -0.133. The molecular weight excluding hydrogens is 351 g/mol. The van der Waals surface area contributed by atoms with Gasteiger partial charge in [-0.25, -0.2) is 13.9 Å². The van der Waals surface area contributed by atoms with Crippen LogP contribution in [0.25, 0.3) is 5.69 Å². The number of nitrogens with zero attached hydrogens (tertiary/aromatic N) is 3. The molecule has 0 spiro atoms. The molecule has 1 saturated carbocycles. The van der Waals surface area contributed by atoms with E-state index in [0.29, 0.717) is 0 Å². The number of hydrogen-bond donors (Lipinski definition) is 3. The standard InChI is InChI=1S/C18H19FN6O2/c19-14-6-3-7-15(13(14)10-20)25-9-8-16(24-25)23-18(27)21-11-17(26)22-12-4-1-2-5-12/h3,6-9,12H,1-2,4-5,11H2,(H,22,26)(H2,21,23,24,27). The van der Waals surface area contributed by atoms with Gasteiger partial charge < -0.3 is 10.6 Å². The summed E-state index contributed by atoms with van der Waals surface area (Å²) in [5.41, 5.74) is 0.127. The lowest BCUT2D eigenvalue weighted by molar-refractivity contribution is -0.120. The molecule has 9 heteroatoms. The summed E-state index contributed by atoms with van der Waals surface area (Å²) in [4.78, 5) is 23.7. The minimum absolute atomic E-state index is 0.133. The molecule has 0 radical (unpaired) electrons. The molecule has 3 amide bonds. The Morgan fingerprint density at radius 3 is 2.81 bits per heavy atom. The minimum atomic E-state index is -0.647. The lowest BCUT2D eigenvalue weighted by atomic mass is 10.2. The number of amides is 3. The molecule has 0 unspecified atom stereocenters. The highest BCUT2D eigenvalue weighted by molar-refractivity contribution is 5.91. The average Bonchev–Trinajstić information content (AvgIpc) is 3.32. The van der Waals surface area contributed by atoms with Crippen molar-refractivity contribution in [1.29, 1.82) is 5.26 Å². The van der Waals surface area contributed by atoms with Gasteiger partial charge in [0.05, 0.1) is 12.2 Å². The summed E-state index contributed by atoms with van der Waals surface area (Å²) in [6.07, 6.45) is 5.67. The molecule has 27 heavy (non-hydrogen) atoms. The van der Waals surface area contributed by atoms with Crippen molar-refractivity contribution in [2.75, 3.05) is 11.9 Å². The van der Waals surface area contributed by atoms with Gasteiger partial charge in [-0.3, -0.25) is 10.1 Å². The zero-order valence-electron chi connectivity index (χ0n) is 14.5. The fourth-order valence-electron chi connectivity index (χ4n) is 3.01. The van der Waals surface area contributed by atoms with Crippen molar-refractivity contribution in [3.05, 3.63) is 41.8 Å². The summed E-state index contributed by atoms with van der Waals surface area (Å²) in [7, 11) is 0. The molecule has 1 aromatic carbocycles. The van der Waals surface area contributed by atoms with E-state index in [1.807, 2.05) is 0 Å². The van der Waals surface area contributed by atoms with E-state index in [0.717, 1.165) is 25.7 Å². The van der Waals surface area contributed by atoms with Crippen molar-refractivity contribution in [2.24, 2.45) is 0 Å². The molecule has 0 saturated heterocycles. The van der Waals surface area contributed by atoms with Crippen molar-refractivity contribution in [3.63, 3.8) is 0 Å². The Morgan fingerprint density at radius 1 is 1.30 bits per heavy atom. The van der Waals surface area contributed by atoms with Gasteiger partial charge in [0, 0.05) is 18.3 Å². The van der Waals surface area contributed by atoms with Crippen LogP contribution in [0.4, 0.5) is 15.0 Å². The molecule has 1 aromatic heterocycles. The van der Waals surface area contributed by atoms with Crippen LogP contribution in [0.3, 0.4) is 0 Å². The number of nitrogens with one attached hydrogen (secondary N) is 3. The lowest BCUT2D eigenvalue weighted by Gasteiger charge is -2.12. The number of anilines is 1. The number of carbonyl (C=O) groups is 2. The Hall–Kier alpha value is -3.41. The summed E-state index contributed by atoms with van der Waals surface area (Å²) in [5.74, 6) is -0.677. The zero-order valence-corrected chi connectivity index (χ0v) is 14.5. The molecule has 8 nitrogen and oxygen atoms in total. The van der Waals surface area contributed by atoms with Crippen molar-refractivity contribution >= 4 is 17.8 Å². The summed E-state index contributed by atoms with van der Waals surface area (Å²) < 4.78 is 15.0.